The Balaban J connectivity index is 1.60. The molecule has 1 unspecified atom stereocenters. The summed E-state index contributed by atoms with van der Waals surface area (Å²) in [4.78, 5) is 14.9. The van der Waals surface area contributed by atoms with Crippen LogP contribution in [-0.4, -0.2) is 34.6 Å². The highest BCUT2D eigenvalue weighted by atomic mass is 79.9. The van der Waals surface area contributed by atoms with E-state index in [1.54, 1.807) is 18.6 Å². The first-order chi connectivity index (χ1) is 10.3. The van der Waals surface area contributed by atoms with Crippen LogP contribution in [0.4, 0.5) is 5.82 Å². The van der Waals surface area contributed by atoms with Gasteiger partial charge in [0.15, 0.2) is 0 Å². The van der Waals surface area contributed by atoms with Gasteiger partial charge in [0.2, 0.25) is 5.88 Å². The maximum absolute atomic E-state index is 5.73. The third-order valence-corrected chi connectivity index (χ3v) is 4.18. The minimum Gasteiger partial charge on any atom is -0.476 e. The number of nitrogens with zero attached hydrogens (tertiary/aromatic N) is 4. The quantitative estimate of drug-likeness (QED) is 0.850. The van der Waals surface area contributed by atoms with Crippen molar-refractivity contribution in [1.82, 2.24) is 15.0 Å². The van der Waals surface area contributed by atoms with Crippen LogP contribution in [0.3, 0.4) is 0 Å². The van der Waals surface area contributed by atoms with Crippen LogP contribution in [0.25, 0.3) is 0 Å². The molecular weight excluding hydrogens is 332 g/mol. The smallest absolute Gasteiger partial charge is 0.232 e. The fourth-order valence-electron chi connectivity index (χ4n) is 2.57. The van der Waals surface area contributed by atoms with E-state index >= 15 is 0 Å². The molecule has 5 nitrogen and oxygen atoms in total. The molecule has 3 rings (SSSR count). The number of hydrogen-bond donors (Lipinski definition) is 0. The molecule has 0 N–H and O–H groups in total. The van der Waals surface area contributed by atoms with E-state index in [0.29, 0.717) is 18.4 Å². The predicted octanol–water partition coefficient (Wildman–Crippen LogP) is 2.93. The van der Waals surface area contributed by atoms with Crippen LogP contribution in [0.2, 0.25) is 0 Å². The van der Waals surface area contributed by atoms with E-state index in [2.05, 4.69) is 35.8 Å². The zero-order chi connectivity index (χ0) is 14.5. The molecule has 1 atom stereocenters. The van der Waals surface area contributed by atoms with E-state index < -0.39 is 0 Å². The van der Waals surface area contributed by atoms with Gasteiger partial charge >= 0.3 is 0 Å². The highest BCUT2D eigenvalue weighted by Crippen LogP contribution is 2.27. The molecule has 0 spiro atoms. The molecular formula is C15H17BrN4O. The van der Waals surface area contributed by atoms with Crippen LogP contribution >= 0.6 is 15.9 Å². The Labute approximate surface area is 132 Å². The van der Waals surface area contributed by atoms with E-state index in [0.717, 1.165) is 29.8 Å². The summed E-state index contributed by atoms with van der Waals surface area (Å²) in [5.41, 5.74) is 0. The normalized spacial score (nSPS) is 18.5. The zero-order valence-electron chi connectivity index (χ0n) is 11.7. The summed E-state index contributed by atoms with van der Waals surface area (Å²) in [6, 6.07) is 3.97. The SMILES string of the molecule is Brc1cccnc1N1CCCC(COc2cnccn2)C1. The van der Waals surface area contributed by atoms with Crippen molar-refractivity contribution in [3.8, 4) is 5.88 Å². The van der Waals surface area contributed by atoms with Crippen molar-refractivity contribution in [2.45, 2.75) is 12.8 Å². The van der Waals surface area contributed by atoms with Crippen LogP contribution < -0.4 is 9.64 Å². The first kappa shape index (κ1) is 14.3. The lowest BCUT2D eigenvalue weighted by molar-refractivity contribution is 0.220. The number of ether oxygens (including phenoxy) is 1. The molecule has 3 heterocycles. The summed E-state index contributed by atoms with van der Waals surface area (Å²) in [5, 5.41) is 0. The number of halogens is 1. The van der Waals surface area contributed by atoms with Crippen molar-refractivity contribution in [2.75, 3.05) is 24.6 Å². The van der Waals surface area contributed by atoms with Gasteiger partial charge in [-0.3, -0.25) is 4.98 Å². The summed E-state index contributed by atoms with van der Waals surface area (Å²) in [5.74, 6) is 2.09. The lowest BCUT2D eigenvalue weighted by Gasteiger charge is -2.33. The molecule has 0 amide bonds. The van der Waals surface area contributed by atoms with Gasteiger partial charge in [-0.2, -0.15) is 0 Å². The fourth-order valence-corrected chi connectivity index (χ4v) is 3.07. The largest absolute Gasteiger partial charge is 0.476 e. The first-order valence-electron chi connectivity index (χ1n) is 7.07. The van der Waals surface area contributed by atoms with E-state index in [1.165, 1.54) is 6.42 Å². The Morgan fingerprint density at radius 3 is 3.05 bits per heavy atom. The van der Waals surface area contributed by atoms with E-state index in [4.69, 9.17) is 4.74 Å². The maximum atomic E-state index is 5.73. The van der Waals surface area contributed by atoms with Crippen LogP contribution in [-0.2, 0) is 0 Å². The third kappa shape index (κ3) is 3.69. The molecule has 1 fully saturated rings. The summed E-state index contributed by atoms with van der Waals surface area (Å²) in [7, 11) is 0. The molecule has 1 aliphatic heterocycles. The second-order valence-electron chi connectivity index (χ2n) is 5.12. The monoisotopic (exact) mass is 348 g/mol. The molecule has 0 radical (unpaired) electrons. The molecule has 1 saturated heterocycles. The fraction of sp³-hybridized carbons (Fsp3) is 0.400. The van der Waals surface area contributed by atoms with Crippen molar-refractivity contribution in [3.05, 3.63) is 41.4 Å². The van der Waals surface area contributed by atoms with E-state index in [9.17, 15) is 0 Å². The third-order valence-electron chi connectivity index (χ3n) is 3.56. The summed E-state index contributed by atoms with van der Waals surface area (Å²) in [6.45, 7) is 2.66. The maximum Gasteiger partial charge on any atom is 0.232 e. The van der Waals surface area contributed by atoms with Crippen LogP contribution in [0, 0.1) is 5.92 Å². The Morgan fingerprint density at radius 2 is 2.24 bits per heavy atom. The van der Waals surface area contributed by atoms with Crippen LogP contribution in [0.15, 0.2) is 41.4 Å². The molecule has 110 valence electrons. The standard InChI is InChI=1S/C15H17BrN4O/c16-13-4-1-5-19-15(13)20-8-2-3-12(10-20)11-21-14-9-17-6-7-18-14/h1,4-7,9,12H,2-3,8,10-11H2. The van der Waals surface area contributed by atoms with Crippen LogP contribution in [0.1, 0.15) is 12.8 Å². The molecule has 21 heavy (non-hydrogen) atoms. The van der Waals surface area contributed by atoms with Gasteiger partial charge in [-0.05, 0) is 40.9 Å². The van der Waals surface area contributed by atoms with Gasteiger partial charge in [0.05, 0.1) is 17.3 Å². The van der Waals surface area contributed by atoms with Gasteiger partial charge in [-0.15, -0.1) is 0 Å². The molecule has 6 heteroatoms. The highest BCUT2D eigenvalue weighted by Gasteiger charge is 2.22. The molecule has 0 bridgehead atoms. The van der Waals surface area contributed by atoms with Gasteiger partial charge in [0.25, 0.3) is 0 Å². The second-order valence-corrected chi connectivity index (χ2v) is 5.97. The van der Waals surface area contributed by atoms with Crippen molar-refractivity contribution < 1.29 is 4.74 Å². The van der Waals surface area contributed by atoms with Gasteiger partial charge in [-0.1, -0.05) is 0 Å². The lowest BCUT2D eigenvalue weighted by atomic mass is 9.99. The highest BCUT2D eigenvalue weighted by molar-refractivity contribution is 9.10. The zero-order valence-corrected chi connectivity index (χ0v) is 13.2. The number of anilines is 1. The number of piperidine rings is 1. The second kappa shape index (κ2) is 6.85. The van der Waals surface area contributed by atoms with E-state index in [1.807, 2.05) is 18.3 Å². The first-order valence-corrected chi connectivity index (χ1v) is 7.86. The Hall–Kier alpha value is -1.69. The molecule has 1 aliphatic rings. The van der Waals surface area contributed by atoms with Crippen molar-refractivity contribution in [3.63, 3.8) is 0 Å². The number of aromatic nitrogens is 3. The Bertz CT molecular complexity index is 581. The summed E-state index contributed by atoms with van der Waals surface area (Å²) < 4.78 is 6.77. The summed E-state index contributed by atoms with van der Waals surface area (Å²) >= 11 is 3.57. The molecule has 0 aromatic carbocycles. The topological polar surface area (TPSA) is 51.1 Å². The minimum atomic E-state index is 0.481. The predicted molar refractivity (Wildman–Crippen MR) is 84.4 cm³/mol. The van der Waals surface area contributed by atoms with Crippen molar-refractivity contribution in [2.24, 2.45) is 5.92 Å². The average molecular weight is 349 g/mol. The van der Waals surface area contributed by atoms with Crippen molar-refractivity contribution >= 4 is 21.7 Å². The van der Waals surface area contributed by atoms with Gasteiger partial charge in [0, 0.05) is 37.6 Å². The van der Waals surface area contributed by atoms with Crippen LogP contribution in [0.5, 0.6) is 5.88 Å². The molecule has 2 aromatic rings. The van der Waals surface area contributed by atoms with Gasteiger partial charge < -0.3 is 9.64 Å². The summed E-state index contributed by atoms with van der Waals surface area (Å²) in [6.07, 6.45) is 9.09. The Kier molecular flexibility index (Phi) is 4.65. The number of pyridine rings is 1. The molecule has 0 saturated carbocycles. The number of rotatable bonds is 4. The van der Waals surface area contributed by atoms with Crippen molar-refractivity contribution in [1.29, 1.82) is 0 Å². The minimum absolute atomic E-state index is 0.481. The Morgan fingerprint density at radius 1 is 1.29 bits per heavy atom. The lowest BCUT2D eigenvalue weighted by Crippen LogP contribution is -2.38. The average Bonchev–Trinajstić information content (AvgIpc) is 2.55. The van der Waals surface area contributed by atoms with E-state index in [-0.39, 0.29) is 0 Å². The molecule has 0 aliphatic carbocycles. The van der Waals surface area contributed by atoms with Gasteiger partial charge in [-0.25, -0.2) is 9.97 Å². The number of hydrogen-bond acceptors (Lipinski definition) is 5. The molecule has 2 aromatic heterocycles. The van der Waals surface area contributed by atoms with Gasteiger partial charge in [0.1, 0.15) is 5.82 Å².